The molecule has 32 heavy (non-hydrogen) atoms. The molecule has 1 aliphatic heterocycles. The van der Waals surface area contributed by atoms with Crippen molar-refractivity contribution in [3.05, 3.63) is 41.8 Å². The maximum absolute atomic E-state index is 14.6. The number of ether oxygens (including phenoxy) is 1. The number of carbonyl (C=O) groups is 1. The van der Waals surface area contributed by atoms with E-state index in [1.54, 1.807) is 25.1 Å². The SMILES string of the molecule is CCOC(=O)c1cnc2nc(NCCCN3CCN(C)CC3)nn2c1-c1ccccc1F. The molecule has 0 spiro atoms. The quantitative estimate of drug-likeness (QED) is 0.420. The Morgan fingerprint density at radius 3 is 2.75 bits per heavy atom. The average molecular weight is 442 g/mol. The number of piperazine rings is 1. The average Bonchev–Trinajstić information content (AvgIpc) is 3.21. The van der Waals surface area contributed by atoms with Gasteiger partial charge < -0.3 is 19.9 Å². The molecule has 1 fully saturated rings. The third kappa shape index (κ3) is 4.86. The Morgan fingerprint density at radius 2 is 2.00 bits per heavy atom. The molecule has 9 nitrogen and oxygen atoms in total. The summed E-state index contributed by atoms with van der Waals surface area (Å²) in [7, 11) is 2.14. The molecule has 1 aromatic carbocycles. The number of fused-ring (bicyclic) bond motifs is 1. The summed E-state index contributed by atoms with van der Waals surface area (Å²) in [6.45, 7) is 7.95. The van der Waals surface area contributed by atoms with Crippen LogP contribution in [-0.2, 0) is 4.74 Å². The number of likely N-dealkylation sites (N-methyl/N-ethyl adjacent to an activating group) is 1. The maximum atomic E-state index is 14.6. The number of halogens is 1. The monoisotopic (exact) mass is 441 g/mol. The first-order valence-electron chi connectivity index (χ1n) is 10.9. The summed E-state index contributed by atoms with van der Waals surface area (Å²) >= 11 is 0. The molecule has 1 saturated heterocycles. The Labute approximate surface area is 186 Å². The van der Waals surface area contributed by atoms with E-state index in [1.807, 2.05) is 0 Å². The van der Waals surface area contributed by atoms with Crippen molar-refractivity contribution in [3.8, 4) is 11.3 Å². The minimum atomic E-state index is -0.586. The van der Waals surface area contributed by atoms with Crippen LogP contribution in [-0.4, -0.2) is 88.3 Å². The van der Waals surface area contributed by atoms with Gasteiger partial charge in [-0.2, -0.15) is 9.50 Å². The molecule has 0 unspecified atom stereocenters. The lowest BCUT2D eigenvalue weighted by molar-refractivity contribution is 0.0526. The Balaban J connectivity index is 1.54. The van der Waals surface area contributed by atoms with Crippen LogP contribution in [0.1, 0.15) is 23.7 Å². The summed E-state index contributed by atoms with van der Waals surface area (Å²) in [5.41, 5.74) is 0.634. The molecule has 0 atom stereocenters. The fourth-order valence-corrected chi connectivity index (χ4v) is 3.75. The van der Waals surface area contributed by atoms with Gasteiger partial charge in [-0.3, -0.25) is 0 Å². The van der Waals surface area contributed by atoms with Crippen LogP contribution in [0.2, 0.25) is 0 Å². The largest absolute Gasteiger partial charge is 0.462 e. The van der Waals surface area contributed by atoms with Crippen molar-refractivity contribution in [1.29, 1.82) is 0 Å². The van der Waals surface area contributed by atoms with E-state index in [2.05, 4.69) is 37.2 Å². The predicted molar refractivity (Wildman–Crippen MR) is 119 cm³/mol. The number of rotatable bonds is 8. The van der Waals surface area contributed by atoms with Crippen molar-refractivity contribution < 1.29 is 13.9 Å². The summed E-state index contributed by atoms with van der Waals surface area (Å²) in [6, 6.07) is 6.23. The van der Waals surface area contributed by atoms with Gasteiger partial charge in [0.15, 0.2) is 0 Å². The van der Waals surface area contributed by atoms with E-state index in [1.165, 1.54) is 16.8 Å². The lowest BCUT2D eigenvalue weighted by atomic mass is 10.1. The van der Waals surface area contributed by atoms with E-state index in [4.69, 9.17) is 4.74 Å². The summed E-state index contributed by atoms with van der Waals surface area (Å²) in [4.78, 5) is 25.9. The van der Waals surface area contributed by atoms with Crippen molar-refractivity contribution in [1.82, 2.24) is 29.4 Å². The third-order valence-electron chi connectivity index (χ3n) is 5.52. The van der Waals surface area contributed by atoms with Crippen molar-refractivity contribution in [3.63, 3.8) is 0 Å². The van der Waals surface area contributed by atoms with Crippen molar-refractivity contribution in [2.24, 2.45) is 0 Å². The van der Waals surface area contributed by atoms with E-state index < -0.39 is 11.8 Å². The molecule has 0 bridgehead atoms. The molecule has 10 heteroatoms. The van der Waals surface area contributed by atoms with Crippen LogP contribution in [0.4, 0.5) is 10.3 Å². The standard InChI is InChI=1S/C22H28FN7O2/c1-3-32-20(31)17-15-25-22-26-21(24-9-6-10-29-13-11-28(2)12-14-29)27-30(22)19(17)16-7-4-5-8-18(16)23/h4-5,7-8,15H,3,6,9-14H2,1-2H3,(H,24,27). The molecule has 0 radical (unpaired) electrons. The second kappa shape index (κ2) is 10.0. The van der Waals surface area contributed by atoms with Crippen LogP contribution in [0.5, 0.6) is 0 Å². The summed E-state index contributed by atoms with van der Waals surface area (Å²) in [5, 5.41) is 7.68. The predicted octanol–water partition coefficient (Wildman–Crippen LogP) is 2.16. The molecule has 4 rings (SSSR count). The zero-order chi connectivity index (χ0) is 22.5. The highest BCUT2D eigenvalue weighted by molar-refractivity contribution is 5.96. The molecule has 170 valence electrons. The minimum Gasteiger partial charge on any atom is -0.462 e. The Morgan fingerprint density at radius 1 is 1.22 bits per heavy atom. The highest BCUT2D eigenvalue weighted by Crippen LogP contribution is 2.27. The second-order valence-corrected chi connectivity index (χ2v) is 7.79. The first-order chi connectivity index (χ1) is 15.6. The molecule has 3 aromatic rings. The number of hydrogen-bond donors (Lipinski definition) is 1. The van der Waals surface area contributed by atoms with Gasteiger partial charge in [0.2, 0.25) is 5.95 Å². The second-order valence-electron chi connectivity index (χ2n) is 7.79. The zero-order valence-electron chi connectivity index (χ0n) is 18.4. The smallest absolute Gasteiger partial charge is 0.341 e. The number of nitrogens with zero attached hydrogens (tertiary/aromatic N) is 6. The number of esters is 1. The number of benzene rings is 1. The Bertz CT molecular complexity index is 1080. The lowest BCUT2D eigenvalue weighted by Crippen LogP contribution is -2.44. The van der Waals surface area contributed by atoms with Gasteiger partial charge >= 0.3 is 5.97 Å². The first-order valence-corrected chi connectivity index (χ1v) is 10.9. The lowest BCUT2D eigenvalue weighted by Gasteiger charge is -2.32. The van der Waals surface area contributed by atoms with E-state index in [0.29, 0.717) is 12.5 Å². The van der Waals surface area contributed by atoms with Crippen LogP contribution in [0, 0.1) is 5.82 Å². The molecular weight excluding hydrogens is 413 g/mol. The van der Waals surface area contributed by atoms with Crippen LogP contribution >= 0.6 is 0 Å². The molecule has 0 amide bonds. The molecule has 2 aromatic heterocycles. The molecule has 0 saturated carbocycles. The van der Waals surface area contributed by atoms with E-state index in [0.717, 1.165) is 39.1 Å². The highest BCUT2D eigenvalue weighted by atomic mass is 19.1. The van der Waals surface area contributed by atoms with Gasteiger partial charge in [-0.1, -0.05) is 12.1 Å². The van der Waals surface area contributed by atoms with Crippen molar-refractivity contribution in [2.45, 2.75) is 13.3 Å². The number of carbonyl (C=O) groups excluding carboxylic acids is 1. The number of hydrogen-bond acceptors (Lipinski definition) is 8. The number of nitrogens with one attached hydrogen (secondary N) is 1. The third-order valence-corrected chi connectivity index (χ3v) is 5.52. The van der Waals surface area contributed by atoms with Crippen LogP contribution in [0.3, 0.4) is 0 Å². The highest BCUT2D eigenvalue weighted by Gasteiger charge is 2.22. The Kier molecular flexibility index (Phi) is 6.91. The zero-order valence-corrected chi connectivity index (χ0v) is 18.4. The van der Waals surface area contributed by atoms with Gasteiger partial charge in [-0.15, -0.1) is 5.10 Å². The molecule has 1 N–H and O–H groups in total. The van der Waals surface area contributed by atoms with Gasteiger partial charge in [0.1, 0.15) is 11.4 Å². The molecular formula is C22H28FN7O2. The van der Waals surface area contributed by atoms with E-state index >= 15 is 0 Å². The van der Waals surface area contributed by atoms with Crippen molar-refractivity contribution >= 4 is 17.7 Å². The van der Waals surface area contributed by atoms with Crippen molar-refractivity contribution in [2.75, 3.05) is 58.2 Å². The van der Waals surface area contributed by atoms with E-state index in [9.17, 15) is 9.18 Å². The van der Waals surface area contributed by atoms with Gasteiger partial charge in [-0.25, -0.2) is 14.2 Å². The molecule has 3 heterocycles. The molecule has 0 aliphatic carbocycles. The summed E-state index contributed by atoms with van der Waals surface area (Å²) in [5.74, 6) is -0.396. The van der Waals surface area contributed by atoms with Gasteiger partial charge in [0, 0.05) is 44.5 Å². The summed E-state index contributed by atoms with van der Waals surface area (Å²) in [6.07, 6.45) is 2.31. The maximum Gasteiger partial charge on any atom is 0.341 e. The molecule has 1 aliphatic rings. The normalized spacial score (nSPS) is 15.2. The fourth-order valence-electron chi connectivity index (χ4n) is 3.75. The van der Waals surface area contributed by atoms with E-state index in [-0.39, 0.29) is 29.2 Å². The van der Waals surface area contributed by atoms with Gasteiger partial charge in [-0.05, 0) is 39.1 Å². The van der Waals surface area contributed by atoms with Gasteiger partial charge in [0.05, 0.1) is 12.3 Å². The van der Waals surface area contributed by atoms with Crippen LogP contribution < -0.4 is 5.32 Å². The first kappa shape index (κ1) is 22.1. The Hall–Kier alpha value is -3.11. The van der Waals surface area contributed by atoms with Crippen LogP contribution in [0.25, 0.3) is 17.0 Å². The summed E-state index contributed by atoms with van der Waals surface area (Å²) < 4.78 is 21.2. The number of anilines is 1. The fraction of sp³-hybridized carbons (Fsp3) is 0.455. The van der Waals surface area contributed by atoms with Crippen LogP contribution in [0.15, 0.2) is 30.5 Å². The minimum absolute atomic E-state index is 0.135. The van der Waals surface area contributed by atoms with Gasteiger partial charge in [0.25, 0.3) is 5.78 Å². The topological polar surface area (TPSA) is 87.9 Å². The number of aromatic nitrogens is 4.